The fraction of sp³-hybridized carbons (Fsp3) is 0.438. The van der Waals surface area contributed by atoms with Crippen LogP contribution in [-0.2, 0) is 0 Å². The second kappa shape index (κ2) is 5.47. The van der Waals surface area contributed by atoms with Gasteiger partial charge in [0, 0.05) is 40.6 Å². The second-order valence-electron chi connectivity index (χ2n) is 5.46. The molecule has 1 fully saturated rings. The molecule has 1 aromatic heterocycles. The van der Waals surface area contributed by atoms with Crippen LogP contribution in [0.15, 0.2) is 30.6 Å². The molecule has 100 valence electrons. The average molecular weight is 255 g/mol. The third-order valence-electron chi connectivity index (χ3n) is 4.07. The van der Waals surface area contributed by atoms with Crippen molar-refractivity contribution in [3.05, 3.63) is 30.6 Å². The van der Waals surface area contributed by atoms with Gasteiger partial charge in [-0.3, -0.25) is 4.98 Å². The monoisotopic (exact) mass is 255 g/mol. The van der Waals surface area contributed by atoms with Crippen LogP contribution in [0.5, 0.6) is 0 Å². The van der Waals surface area contributed by atoms with Gasteiger partial charge >= 0.3 is 0 Å². The summed E-state index contributed by atoms with van der Waals surface area (Å²) in [5.41, 5.74) is 8.01. The van der Waals surface area contributed by atoms with Crippen molar-refractivity contribution >= 4 is 22.1 Å². The summed E-state index contributed by atoms with van der Waals surface area (Å²) in [6.07, 6.45) is 11.7. The van der Waals surface area contributed by atoms with Crippen molar-refractivity contribution in [3.8, 4) is 0 Å². The Bertz CT molecular complexity index is 557. The Hall–Kier alpha value is -1.77. The predicted octanol–water partition coefficient (Wildman–Crippen LogP) is 3.95. The average Bonchev–Trinajstić information content (AvgIpc) is 2.71. The van der Waals surface area contributed by atoms with Crippen molar-refractivity contribution in [1.29, 1.82) is 0 Å². The van der Waals surface area contributed by atoms with Crippen molar-refractivity contribution in [1.82, 2.24) is 4.98 Å². The maximum atomic E-state index is 6.02. The van der Waals surface area contributed by atoms with Crippen LogP contribution >= 0.6 is 0 Å². The molecular weight excluding hydrogens is 234 g/mol. The second-order valence-corrected chi connectivity index (χ2v) is 5.46. The van der Waals surface area contributed by atoms with E-state index in [9.17, 15) is 0 Å². The summed E-state index contributed by atoms with van der Waals surface area (Å²) in [6.45, 7) is 0. The standard InChI is InChI=1S/C16H21N3/c17-15-7-8-16(13-9-10-18-11-14(13)15)19-12-5-3-1-2-4-6-12/h7-12,19H,1-6,17H2. The highest BCUT2D eigenvalue weighted by molar-refractivity contribution is 6.00. The molecule has 3 rings (SSSR count). The molecule has 0 bridgehead atoms. The number of benzene rings is 1. The first-order chi connectivity index (χ1) is 9.34. The van der Waals surface area contributed by atoms with Gasteiger partial charge in [0.05, 0.1) is 0 Å². The van der Waals surface area contributed by atoms with Gasteiger partial charge in [-0.2, -0.15) is 0 Å². The van der Waals surface area contributed by atoms with E-state index in [0.29, 0.717) is 6.04 Å². The minimum absolute atomic E-state index is 0.600. The molecule has 1 heterocycles. The number of pyridine rings is 1. The van der Waals surface area contributed by atoms with Crippen LogP contribution in [0.2, 0.25) is 0 Å². The van der Waals surface area contributed by atoms with Gasteiger partial charge in [-0.05, 0) is 31.0 Å². The molecule has 0 amide bonds. The van der Waals surface area contributed by atoms with Gasteiger partial charge in [-0.25, -0.2) is 0 Å². The number of nitrogen functional groups attached to an aromatic ring is 1. The van der Waals surface area contributed by atoms with Crippen molar-refractivity contribution < 1.29 is 0 Å². The van der Waals surface area contributed by atoms with Crippen LogP contribution in [0.25, 0.3) is 10.8 Å². The SMILES string of the molecule is Nc1ccc(NC2CCCCCC2)c2ccncc12. The number of fused-ring (bicyclic) bond motifs is 1. The molecule has 1 aliphatic carbocycles. The van der Waals surface area contributed by atoms with E-state index in [-0.39, 0.29) is 0 Å². The predicted molar refractivity (Wildman–Crippen MR) is 81.3 cm³/mol. The summed E-state index contributed by atoms with van der Waals surface area (Å²) >= 11 is 0. The van der Waals surface area contributed by atoms with Crippen molar-refractivity contribution in [3.63, 3.8) is 0 Å². The van der Waals surface area contributed by atoms with Crippen LogP contribution in [0, 0.1) is 0 Å². The van der Waals surface area contributed by atoms with Gasteiger partial charge in [0.25, 0.3) is 0 Å². The summed E-state index contributed by atoms with van der Waals surface area (Å²) in [7, 11) is 0. The highest BCUT2D eigenvalue weighted by Gasteiger charge is 2.13. The Kier molecular flexibility index (Phi) is 3.53. The molecule has 0 radical (unpaired) electrons. The van der Waals surface area contributed by atoms with Gasteiger partial charge in [0.15, 0.2) is 0 Å². The fourth-order valence-corrected chi connectivity index (χ4v) is 2.98. The summed E-state index contributed by atoms with van der Waals surface area (Å²) in [6, 6.07) is 6.72. The lowest BCUT2D eigenvalue weighted by atomic mass is 10.1. The molecular formula is C16H21N3. The molecule has 3 heteroatoms. The third kappa shape index (κ3) is 2.65. The minimum Gasteiger partial charge on any atom is -0.398 e. The lowest BCUT2D eigenvalue weighted by molar-refractivity contribution is 0.620. The Morgan fingerprint density at radius 3 is 2.58 bits per heavy atom. The van der Waals surface area contributed by atoms with E-state index in [1.54, 1.807) is 0 Å². The van der Waals surface area contributed by atoms with Crippen LogP contribution in [0.1, 0.15) is 38.5 Å². The first-order valence-corrected chi connectivity index (χ1v) is 7.23. The zero-order chi connectivity index (χ0) is 13.1. The molecule has 0 spiro atoms. The fourth-order valence-electron chi connectivity index (χ4n) is 2.98. The topological polar surface area (TPSA) is 50.9 Å². The van der Waals surface area contributed by atoms with Crippen LogP contribution in [-0.4, -0.2) is 11.0 Å². The van der Waals surface area contributed by atoms with Gasteiger partial charge < -0.3 is 11.1 Å². The minimum atomic E-state index is 0.600. The van der Waals surface area contributed by atoms with Crippen LogP contribution in [0.3, 0.4) is 0 Å². The van der Waals surface area contributed by atoms with E-state index in [1.165, 1.54) is 49.6 Å². The molecule has 1 aromatic carbocycles. The first kappa shape index (κ1) is 12.3. The van der Waals surface area contributed by atoms with E-state index in [2.05, 4.69) is 16.4 Å². The van der Waals surface area contributed by atoms with Crippen LogP contribution < -0.4 is 11.1 Å². The number of nitrogens with two attached hydrogens (primary N) is 1. The van der Waals surface area contributed by atoms with Gasteiger partial charge in [0.1, 0.15) is 0 Å². The quantitative estimate of drug-likeness (QED) is 0.631. The largest absolute Gasteiger partial charge is 0.398 e. The maximum absolute atomic E-state index is 6.02. The van der Waals surface area contributed by atoms with Crippen molar-refractivity contribution in [2.45, 2.75) is 44.6 Å². The van der Waals surface area contributed by atoms with Gasteiger partial charge in [-0.1, -0.05) is 25.7 Å². The summed E-state index contributed by atoms with van der Waals surface area (Å²) in [5, 5.41) is 5.93. The van der Waals surface area contributed by atoms with E-state index in [4.69, 9.17) is 5.73 Å². The number of hydrogen-bond donors (Lipinski definition) is 2. The molecule has 3 N–H and O–H groups in total. The molecule has 1 saturated carbocycles. The Morgan fingerprint density at radius 1 is 1.00 bits per heavy atom. The maximum Gasteiger partial charge on any atom is 0.0424 e. The lowest BCUT2D eigenvalue weighted by Gasteiger charge is -2.19. The Labute approximate surface area is 114 Å². The highest BCUT2D eigenvalue weighted by atomic mass is 14.9. The van der Waals surface area contributed by atoms with E-state index in [1.807, 2.05) is 24.5 Å². The van der Waals surface area contributed by atoms with Crippen molar-refractivity contribution in [2.75, 3.05) is 11.1 Å². The summed E-state index contributed by atoms with van der Waals surface area (Å²) in [4.78, 5) is 4.17. The third-order valence-corrected chi connectivity index (χ3v) is 4.07. The number of anilines is 2. The zero-order valence-corrected chi connectivity index (χ0v) is 11.2. The normalized spacial score (nSPS) is 17.3. The van der Waals surface area contributed by atoms with Crippen LogP contribution in [0.4, 0.5) is 11.4 Å². The first-order valence-electron chi connectivity index (χ1n) is 7.23. The molecule has 1 aliphatic rings. The Balaban J connectivity index is 1.90. The zero-order valence-electron chi connectivity index (χ0n) is 11.2. The number of hydrogen-bond acceptors (Lipinski definition) is 3. The molecule has 0 atom stereocenters. The molecule has 0 aliphatic heterocycles. The van der Waals surface area contributed by atoms with E-state index < -0.39 is 0 Å². The van der Waals surface area contributed by atoms with E-state index in [0.717, 1.165) is 11.1 Å². The number of nitrogens with one attached hydrogen (secondary N) is 1. The molecule has 0 saturated heterocycles. The molecule has 0 unspecified atom stereocenters. The number of rotatable bonds is 2. The molecule has 2 aromatic rings. The number of aromatic nitrogens is 1. The Morgan fingerprint density at radius 2 is 1.79 bits per heavy atom. The number of nitrogens with zero attached hydrogens (tertiary/aromatic N) is 1. The van der Waals surface area contributed by atoms with Crippen molar-refractivity contribution in [2.24, 2.45) is 0 Å². The van der Waals surface area contributed by atoms with Gasteiger partial charge in [0.2, 0.25) is 0 Å². The smallest absolute Gasteiger partial charge is 0.0424 e. The summed E-state index contributed by atoms with van der Waals surface area (Å²) < 4.78 is 0. The highest BCUT2D eigenvalue weighted by Crippen LogP contribution is 2.29. The van der Waals surface area contributed by atoms with E-state index >= 15 is 0 Å². The molecule has 19 heavy (non-hydrogen) atoms. The molecule has 3 nitrogen and oxygen atoms in total. The lowest BCUT2D eigenvalue weighted by Crippen LogP contribution is -2.18. The van der Waals surface area contributed by atoms with Gasteiger partial charge in [-0.15, -0.1) is 0 Å². The summed E-state index contributed by atoms with van der Waals surface area (Å²) in [5.74, 6) is 0.